The summed E-state index contributed by atoms with van der Waals surface area (Å²) in [5, 5.41) is 9.36. The number of halogens is 2. The van der Waals surface area contributed by atoms with Gasteiger partial charge in [0.1, 0.15) is 0 Å². The molecule has 0 bridgehead atoms. The van der Waals surface area contributed by atoms with Crippen LogP contribution in [0.25, 0.3) is 0 Å². The van der Waals surface area contributed by atoms with Crippen LogP contribution in [-0.4, -0.2) is 44.4 Å². The number of nitrogens with zero attached hydrogens (tertiary/aromatic N) is 4. The number of aromatic nitrogens is 2. The largest absolute Gasteiger partial charge is 0.374 e. The summed E-state index contributed by atoms with van der Waals surface area (Å²) in [7, 11) is 0. The fraction of sp³-hybridized carbons (Fsp3) is 0.438. The number of hydrogen-bond acceptors (Lipinski definition) is 7. The summed E-state index contributed by atoms with van der Waals surface area (Å²) in [5.74, 6) is 0.0201. The van der Waals surface area contributed by atoms with Crippen LogP contribution in [0, 0.1) is 0 Å². The molecule has 1 fully saturated rings. The van der Waals surface area contributed by atoms with Crippen LogP contribution in [0.4, 0.5) is 5.13 Å². The normalized spacial score (nSPS) is 16.0. The fourth-order valence-electron chi connectivity index (χ4n) is 2.95. The number of hydrogen-bond donors (Lipinski definition) is 1. The molecule has 0 radical (unpaired) electrons. The van der Waals surface area contributed by atoms with Gasteiger partial charge in [-0.1, -0.05) is 40.6 Å². The molecule has 26 heavy (non-hydrogen) atoms. The van der Waals surface area contributed by atoms with Crippen molar-refractivity contribution in [2.75, 3.05) is 18.8 Å². The van der Waals surface area contributed by atoms with Crippen molar-refractivity contribution in [3.05, 3.63) is 33.8 Å². The first-order valence-electron chi connectivity index (χ1n) is 8.15. The fourth-order valence-corrected chi connectivity index (χ4v) is 4.99. The van der Waals surface area contributed by atoms with Gasteiger partial charge < -0.3 is 5.73 Å². The van der Waals surface area contributed by atoms with E-state index >= 15 is 0 Å². The number of anilines is 1. The Morgan fingerprint density at radius 3 is 2.65 bits per heavy atom. The third-order valence-corrected chi connectivity index (χ3v) is 6.94. The van der Waals surface area contributed by atoms with Crippen molar-refractivity contribution in [1.29, 1.82) is 0 Å². The van der Waals surface area contributed by atoms with Gasteiger partial charge in [0.15, 0.2) is 4.34 Å². The summed E-state index contributed by atoms with van der Waals surface area (Å²) in [6, 6.07) is 5.91. The summed E-state index contributed by atoms with van der Waals surface area (Å²) >= 11 is 14.7. The topological polar surface area (TPSA) is 75.3 Å². The van der Waals surface area contributed by atoms with Crippen LogP contribution in [0.5, 0.6) is 0 Å². The predicted octanol–water partition coefficient (Wildman–Crippen LogP) is 3.95. The molecule has 0 unspecified atom stereocenters. The van der Waals surface area contributed by atoms with E-state index in [2.05, 4.69) is 15.1 Å². The van der Waals surface area contributed by atoms with Crippen molar-refractivity contribution in [2.24, 2.45) is 0 Å². The van der Waals surface area contributed by atoms with Crippen molar-refractivity contribution in [2.45, 2.75) is 36.7 Å². The van der Waals surface area contributed by atoms with E-state index in [1.54, 1.807) is 11.2 Å². The molecule has 2 heterocycles. The van der Waals surface area contributed by atoms with Crippen molar-refractivity contribution in [3.63, 3.8) is 0 Å². The number of likely N-dealkylation sites (tertiary alicyclic amines) is 1. The molecule has 1 aromatic heterocycles. The van der Waals surface area contributed by atoms with Crippen molar-refractivity contribution < 1.29 is 4.79 Å². The number of nitrogens with two attached hydrogens (primary N) is 1. The average molecular weight is 432 g/mol. The van der Waals surface area contributed by atoms with Crippen molar-refractivity contribution in [3.8, 4) is 0 Å². The molecule has 1 amide bonds. The number of carbonyl (C=O) groups excluding carboxylic acids is 1. The molecule has 1 saturated heterocycles. The first-order valence-corrected chi connectivity index (χ1v) is 10.5. The molecule has 2 N–H and O–H groups in total. The number of amides is 1. The quantitative estimate of drug-likeness (QED) is 0.722. The number of piperidine rings is 1. The smallest absolute Gasteiger partial charge is 0.229 e. The van der Waals surface area contributed by atoms with E-state index in [1.165, 1.54) is 23.3 Å². The Morgan fingerprint density at radius 1 is 1.35 bits per heavy atom. The SMILES string of the molecule is CC(=O)N(Sc1nnc(N)s1)C1CCN(Cc2ccc(Cl)c(Cl)c2)CC1. The zero-order valence-electron chi connectivity index (χ0n) is 14.2. The van der Waals surface area contributed by atoms with E-state index in [0.29, 0.717) is 19.5 Å². The predicted molar refractivity (Wildman–Crippen MR) is 107 cm³/mol. The van der Waals surface area contributed by atoms with Crippen LogP contribution in [0.2, 0.25) is 10.0 Å². The Morgan fingerprint density at radius 2 is 2.08 bits per heavy atom. The lowest BCUT2D eigenvalue weighted by atomic mass is 10.0. The molecule has 10 heteroatoms. The summed E-state index contributed by atoms with van der Waals surface area (Å²) < 4.78 is 2.49. The molecule has 3 rings (SSSR count). The molecule has 0 saturated carbocycles. The van der Waals surface area contributed by atoms with Crippen LogP contribution in [0.15, 0.2) is 22.5 Å². The Hall–Kier alpha value is -1.06. The van der Waals surface area contributed by atoms with Crippen LogP contribution >= 0.6 is 46.5 Å². The minimum Gasteiger partial charge on any atom is -0.374 e. The molecule has 2 aromatic rings. The van der Waals surface area contributed by atoms with E-state index in [0.717, 1.165) is 38.0 Å². The van der Waals surface area contributed by atoms with Gasteiger partial charge in [-0.25, -0.2) is 0 Å². The monoisotopic (exact) mass is 431 g/mol. The first-order chi connectivity index (χ1) is 12.4. The van der Waals surface area contributed by atoms with Crippen LogP contribution in [0.3, 0.4) is 0 Å². The second kappa shape index (κ2) is 8.75. The van der Waals surface area contributed by atoms with Crippen LogP contribution in [-0.2, 0) is 11.3 Å². The first kappa shape index (κ1) is 19.7. The highest BCUT2D eigenvalue weighted by molar-refractivity contribution is 7.99. The Balaban J connectivity index is 1.57. The summed E-state index contributed by atoms with van der Waals surface area (Å²) in [5.41, 5.74) is 6.76. The number of nitrogen functional groups attached to an aromatic ring is 1. The maximum Gasteiger partial charge on any atom is 0.229 e. The molecule has 0 atom stereocenters. The lowest BCUT2D eigenvalue weighted by molar-refractivity contribution is -0.125. The Labute approximate surface area is 170 Å². The van der Waals surface area contributed by atoms with E-state index in [1.807, 2.05) is 18.2 Å². The van der Waals surface area contributed by atoms with Gasteiger partial charge >= 0.3 is 0 Å². The molecular weight excluding hydrogens is 413 g/mol. The molecule has 6 nitrogen and oxygen atoms in total. The molecule has 1 aromatic carbocycles. The molecule has 140 valence electrons. The Bertz CT molecular complexity index is 780. The maximum absolute atomic E-state index is 12.1. The second-order valence-corrected chi connectivity index (χ2v) is 9.14. The molecule has 0 aliphatic carbocycles. The summed E-state index contributed by atoms with van der Waals surface area (Å²) in [4.78, 5) is 14.4. The third kappa shape index (κ3) is 5.01. The van der Waals surface area contributed by atoms with Gasteiger partial charge in [0, 0.05) is 44.5 Å². The molecular formula is C16H19Cl2N5OS2. The Kier molecular flexibility index (Phi) is 6.63. The minimum absolute atomic E-state index is 0.0201. The van der Waals surface area contributed by atoms with Gasteiger partial charge in [0.2, 0.25) is 11.0 Å². The molecule has 0 spiro atoms. The van der Waals surface area contributed by atoms with Gasteiger partial charge in [0.05, 0.1) is 10.0 Å². The zero-order chi connectivity index (χ0) is 18.7. The van der Waals surface area contributed by atoms with E-state index < -0.39 is 0 Å². The van der Waals surface area contributed by atoms with E-state index in [-0.39, 0.29) is 11.9 Å². The van der Waals surface area contributed by atoms with Crippen LogP contribution in [0.1, 0.15) is 25.3 Å². The number of carbonyl (C=O) groups is 1. The van der Waals surface area contributed by atoms with Crippen molar-refractivity contribution >= 4 is 57.5 Å². The zero-order valence-corrected chi connectivity index (χ0v) is 17.3. The highest BCUT2D eigenvalue weighted by Gasteiger charge is 2.28. The van der Waals surface area contributed by atoms with Gasteiger partial charge in [-0.05, 0) is 30.5 Å². The van der Waals surface area contributed by atoms with Gasteiger partial charge in [-0.2, -0.15) is 0 Å². The van der Waals surface area contributed by atoms with Gasteiger partial charge in [-0.3, -0.25) is 14.0 Å². The van der Waals surface area contributed by atoms with E-state index in [4.69, 9.17) is 28.9 Å². The van der Waals surface area contributed by atoms with Crippen molar-refractivity contribution in [1.82, 2.24) is 19.4 Å². The van der Waals surface area contributed by atoms with Crippen LogP contribution < -0.4 is 5.73 Å². The number of rotatable bonds is 5. The minimum atomic E-state index is 0.0201. The highest BCUT2D eigenvalue weighted by Crippen LogP contribution is 2.32. The molecule has 1 aliphatic rings. The lowest BCUT2D eigenvalue weighted by Crippen LogP contribution is -2.43. The van der Waals surface area contributed by atoms with Gasteiger partial charge in [0.25, 0.3) is 0 Å². The number of benzene rings is 1. The van der Waals surface area contributed by atoms with Gasteiger partial charge in [-0.15, -0.1) is 10.2 Å². The maximum atomic E-state index is 12.1. The standard InChI is InChI=1S/C16H19Cl2N5OS2/c1-10(24)23(26-16-21-20-15(19)25-16)12-4-6-22(7-5-12)9-11-2-3-13(17)14(18)8-11/h2-3,8,12H,4-7,9H2,1H3,(H2,19,20). The van der Waals surface area contributed by atoms with E-state index in [9.17, 15) is 4.79 Å². The third-order valence-electron chi connectivity index (χ3n) is 4.19. The second-order valence-electron chi connectivity index (χ2n) is 6.10. The highest BCUT2D eigenvalue weighted by atomic mass is 35.5. The molecule has 1 aliphatic heterocycles. The average Bonchev–Trinajstić information content (AvgIpc) is 3.02. The lowest BCUT2D eigenvalue weighted by Gasteiger charge is -2.36. The summed E-state index contributed by atoms with van der Waals surface area (Å²) in [6.07, 6.45) is 1.81. The summed E-state index contributed by atoms with van der Waals surface area (Å²) in [6.45, 7) is 4.23.